The number of nitrogens with zero attached hydrogens (tertiary/aromatic N) is 3. The Labute approximate surface area is 64.8 Å². The summed E-state index contributed by atoms with van der Waals surface area (Å²) in [5.74, 6) is 0. The highest BCUT2D eigenvalue weighted by Crippen LogP contribution is 1.85. The third kappa shape index (κ3) is 8.46. The second-order valence-electron chi connectivity index (χ2n) is 1.69. The zero-order valence-electron chi connectivity index (χ0n) is 6.05. The van der Waals surface area contributed by atoms with E-state index in [0.29, 0.717) is 19.3 Å². The topological polar surface area (TPSA) is 65.8 Å². The van der Waals surface area contributed by atoms with Gasteiger partial charge in [-0.05, 0) is 18.0 Å². The van der Waals surface area contributed by atoms with Gasteiger partial charge < -0.3 is 0 Å². The molecular weight excluding hydrogens is 142 g/mol. The summed E-state index contributed by atoms with van der Waals surface area (Å²) in [6.45, 7) is 0.460. The van der Waals surface area contributed by atoms with E-state index in [4.69, 9.17) is 5.53 Å². The molecule has 0 bridgehead atoms. The Bertz CT molecular complexity index is 202. The second-order valence-corrected chi connectivity index (χ2v) is 1.69. The minimum Gasteiger partial charge on any atom is -0.299 e. The number of rotatable bonds is 5. The Balaban J connectivity index is 3.36. The van der Waals surface area contributed by atoms with Crippen LogP contribution in [-0.4, -0.2) is 12.8 Å². The van der Waals surface area contributed by atoms with Crippen LogP contribution in [0.1, 0.15) is 6.42 Å². The van der Waals surface area contributed by atoms with E-state index < -0.39 is 0 Å². The summed E-state index contributed by atoms with van der Waals surface area (Å²) in [7, 11) is 0. The van der Waals surface area contributed by atoms with Gasteiger partial charge >= 0.3 is 0 Å². The zero-order chi connectivity index (χ0) is 8.36. The molecule has 4 heteroatoms. The monoisotopic (exact) mass is 151 g/mol. The average molecular weight is 151 g/mol. The SMILES string of the molecule is [N-]=[N+]=NCC/C=C/C=C/C=O. The molecule has 0 atom stereocenters. The highest BCUT2D eigenvalue weighted by molar-refractivity contribution is 5.65. The van der Waals surface area contributed by atoms with Gasteiger partial charge in [0, 0.05) is 11.5 Å². The number of hydrogen-bond donors (Lipinski definition) is 0. The molecule has 58 valence electrons. The number of hydrogen-bond acceptors (Lipinski definition) is 2. The Hall–Kier alpha value is -1.54. The molecule has 0 spiro atoms. The largest absolute Gasteiger partial charge is 0.299 e. The molecule has 0 radical (unpaired) electrons. The predicted octanol–water partition coefficient (Wildman–Crippen LogP) is 2.00. The third-order valence-corrected chi connectivity index (χ3v) is 0.896. The van der Waals surface area contributed by atoms with E-state index in [1.54, 1.807) is 12.2 Å². The summed E-state index contributed by atoms with van der Waals surface area (Å²) in [4.78, 5) is 12.3. The maximum atomic E-state index is 9.75. The van der Waals surface area contributed by atoms with Crippen molar-refractivity contribution in [1.82, 2.24) is 0 Å². The molecule has 0 fully saturated rings. The first kappa shape index (κ1) is 9.46. The summed E-state index contributed by atoms with van der Waals surface area (Å²) in [6, 6.07) is 0. The van der Waals surface area contributed by atoms with Crippen LogP contribution >= 0.6 is 0 Å². The van der Waals surface area contributed by atoms with Crippen LogP contribution in [0.25, 0.3) is 10.4 Å². The summed E-state index contributed by atoms with van der Waals surface area (Å²) in [5.41, 5.74) is 7.88. The van der Waals surface area contributed by atoms with Gasteiger partial charge in [-0.3, -0.25) is 4.79 Å². The van der Waals surface area contributed by atoms with Crippen LogP contribution in [0.15, 0.2) is 29.4 Å². The molecule has 0 N–H and O–H groups in total. The quantitative estimate of drug-likeness (QED) is 0.113. The number of carbonyl (C=O) groups is 1. The lowest BCUT2D eigenvalue weighted by molar-refractivity contribution is -0.104. The Morgan fingerprint density at radius 3 is 2.82 bits per heavy atom. The number of carbonyl (C=O) groups excluding carboxylic acids is 1. The van der Waals surface area contributed by atoms with Crippen molar-refractivity contribution < 1.29 is 4.79 Å². The fourth-order valence-corrected chi connectivity index (χ4v) is 0.461. The van der Waals surface area contributed by atoms with Crippen LogP contribution in [0, 0.1) is 0 Å². The Morgan fingerprint density at radius 1 is 1.36 bits per heavy atom. The Morgan fingerprint density at radius 2 is 2.18 bits per heavy atom. The highest BCUT2D eigenvalue weighted by Gasteiger charge is 1.73. The molecule has 4 nitrogen and oxygen atoms in total. The molecular formula is C7H9N3O. The van der Waals surface area contributed by atoms with Crippen LogP contribution < -0.4 is 0 Å². The van der Waals surface area contributed by atoms with E-state index in [-0.39, 0.29) is 0 Å². The van der Waals surface area contributed by atoms with E-state index >= 15 is 0 Å². The van der Waals surface area contributed by atoms with Crippen molar-refractivity contribution >= 4 is 6.29 Å². The number of azide groups is 1. The first-order valence-electron chi connectivity index (χ1n) is 3.19. The molecule has 0 aromatic carbocycles. The fraction of sp³-hybridized carbons (Fsp3) is 0.286. The molecule has 0 saturated carbocycles. The van der Waals surface area contributed by atoms with E-state index in [0.717, 1.165) is 0 Å². The first-order valence-corrected chi connectivity index (χ1v) is 3.19. The van der Waals surface area contributed by atoms with Crippen LogP contribution in [-0.2, 0) is 4.79 Å². The standard InChI is InChI=1S/C7H9N3O/c8-10-9-6-4-2-1-3-5-7-11/h1-3,5,7H,4,6H2/b2-1+,5-3+. The first-order chi connectivity index (χ1) is 5.41. The van der Waals surface area contributed by atoms with E-state index in [2.05, 4.69) is 10.0 Å². The minimum absolute atomic E-state index is 0.460. The second kappa shape index (κ2) is 8.46. The predicted molar refractivity (Wildman–Crippen MR) is 43.0 cm³/mol. The van der Waals surface area contributed by atoms with E-state index in [1.807, 2.05) is 6.08 Å². The van der Waals surface area contributed by atoms with Gasteiger partial charge in [-0.1, -0.05) is 23.3 Å². The van der Waals surface area contributed by atoms with Crippen molar-refractivity contribution in [3.05, 3.63) is 34.7 Å². The van der Waals surface area contributed by atoms with Crippen molar-refractivity contribution in [3.63, 3.8) is 0 Å². The molecule has 0 unspecified atom stereocenters. The van der Waals surface area contributed by atoms with Gasteiger partial charge in [-0.2, -0.15) is 0 Å². The average Bonchev–Trinajstić information content (AvgIpc) is 2.03. The normalized spacial score (nSPS) is 10.2. The molecule has 0 amide bonds. The molecule has 0 aromatic rings. The molecule has 0 aromatic heterocycles. The van der Waals surface area contributed by atoms with Gasteiger partial charge in [0.2, 0.25) is 0 Å². The van der Waals surface area contributed by atoms with Crippen LogP contribution in [0.2, 0.25) is 0 Å². The fourth-order valence-electron chi connectivity index (χ4n) is 0.461. The summed E-state index contributed by atoms with van der Waals surface area (Å²) in [5, 5.41) is 3.33. The summed E-state index contributed by atoms with van der Waals surface area (Å²) >= 11 is 0. The molecule has 0 saturated heterocycles. The molecule has 0 rings (SSSR count). The van der Waals surface area contributed by atoms with E-state index in [9.17, 15) is 4.79 Å². The van der Waals surface area contributed by atoms with Crippen molar-refractivity contribution in [2.75, 3.05) is 6.54 Å². The molecule has 0 aliphatic carbocycles. The molecule has 0 aliphatic heterocycles. The lowest BCUT2D eigenvalue weighted by Crippen LogP contribution is -1.70. The van der Waals surface area contributed by atoms with Gasteiger partial charge in [0.1, 0.15) is 6.29 Å². The Kier molecular flexibility index (Phi) is 7.28. The van der Waals surface area contributed by atoms with Gasteiger partial charge in [-0.15, -0.1) is 0 Å². The molecule has 0 heterocycles. The summed E-state index contributed by atoms with van der Waals surface area (Å²) < 4.78 is 0. The van der Waals surface area contributed by atoms with Crippen LogP contribution in [0.4, 0.5) is 0 Å². The number of aldehydes is 1. The maximum Gasteiger partial charge on any atom is 0.142 e. The molecule has 11 heavy (non-hydrogen) atoms. The summed E-state index contributed by atoms with van der Waals surface area (Å²) in [6.07, 6.45) is 7.99. The zero-order valence-corrected chi connectivity index (χ0v) is 6.05. The van der Waals surface area contributed by atoms with E-state index in [1.165, 1.54) is 6.08 Å². The maximum absolute atomic E-state index is 9.75. The number of allylic oxidation sites excluding steroid dienone is 3. The van der Waals surface area contributed by atoms with Gasteiger partial charge in [0.15, 0.2) is 0 Å². The van der Waals surface area contributed by atoms with Gasteiger partial charge in [0.05, 0.1) is 0 Å². The third-order valence-electron chi connectivity index (χ3n) is 0.896. The minimum atomic E-state index is 0.460. The van der Waals surface area contributed by atoms with Crippen LogP contribution in [0.3, 0.4) is 0 Å². The smallest absolute Gasteiger partial charge is 0.142 e. The van der Waals surface area contributed by atoms with Gasteiger partial charge in [0.25, 0.3) is 0 Å². The lowest BCUT2D eigenvalue weighted by Gasteiger charge is -1.79. The van der Waals surface area contributed by atoms with Crippen molar-refractivity contribution in [1.29, 1.82) is 0 Å². The van der Waals surface area contributed by atoms with Gasteiger partial charge in [-0.25, -0.2) is 0 Å². The van der Waals surface area contributed by atoms with Crippen molar-refractivity contribution in [2.45, 2.75) is 6.42 Å². The highest BCUT2D eigenvalue weighted by atomic mass is 16.1. The lowest BCUT2D eigenvalue weighted by atomic mass is 10.3. The van der Waals surface area contributed by atoms with Crippen molar-refractivity contribution in [3.8, 4) is 0 Å². The van der Waals surface area contributed by atoms with Crippen molar-refractivity contribution in [2.24, 2.45) is 5.11 Å². The van der Waals surface area contributed by atoms with Crippen LogP contribution in [0.5, 0.6) is 0 Å². The molecule has 0 aliphatic rings.